The van der Waals surface area contributed by atoms with Crippen molar-refractivity contribution in [2.75, 3.05) is 26.2 Å². The second kappa shape index (κ2) is 7.07. The number of carbonyl (C=O) groups excluding carboxylic acids is 1. The van der Waals surface area contributed by atoms with Crippen LogP contribution in [0, 0.1) is 5.92 Å². The molecule has 2 aliphatic rings. The summed E-state index contributed by atoms with van der Waals surface area (Å²) in [4.78, 5) is 14.5. The molecule has 0 aromatic heterocycles. The predicted molar refractivity (Wildman–Crippen MR) is 72.0 cm³/mol. The molecule has 0 spiro atoms. The third-order valence-corrected chi connectivity index (χ3v) is 4.69. The zero-order chi connectivity index (χ0) is 18.1. The van der Waals surface area contributed by atoms with E-state index in [2.05, 4.69) is 0 Å². The number of alkyl halides is 6. The highest BCUT2D eigenvalue weighted by atomic mass is 19.4. The molecule has 0 bridgehead atoms. The van der Waals surface area contributed by atoms with Gasteiger partial charge in [0.05, 0.1) is 12.5 Å². The molecule has 3 atom stereocenters. The van der Waals surface area contributed by atoms with E-state index in [1.54, 1.807) is 0 Å². The van der Waals surface area contributed by atoms with Crippen molar-refractivity contribution in [1.82, 2.24) is 9.80 Å². The lowest BCUT2D eigenvalue weighted by molar-refractivity contribution is -0.219. The first-order chi connectivity index (χ1) is 11.0. The van der Waals surface area contributed by atoms with Gasteiger partial charge < -0.3 is 10.0 Å². The van der Waals surface area contributed by atoms with Gasteiger partial charge in [0, 0.05) is 19.1 Å². The normalized spacial score (nSPS) is 28.2. The summed E-state index contributed by atoms with van der Waals surface area (Å²) in [6.07, 6.45) is -11.1. The van der Waals surface area contributed by atoms with E-state index in [-0.39, 0.29) is 32.4 Å². The number of hydrogen-bond acceptors (Lipinski definition) is 3. The molecule has 1 N–H and O–H groups in total. The summed E-state index contributed by atoms with van der Waals surface area (Å²) in [5.74, 6) is -2.21. The summed E-state index contributed by atoms with van der Waals surface area (Å²) in [6, 6.07) is -1.22. The maximum absolute atomic E-state index is 12.8. The lowest BCUT2D eigenvalue weighted by Gasteiger charge is -2.36. The summed E-state index contributed by atoms with van der Waals surface area (Å²) in [6.45, 7) is -0.475. The van der Waals surface area contributed by atoms with E-state index in [0.717, 1.165) is 4.90 Å². The van der Waals surface area contributed by atoms with Crippen molar-refractivity contribution in [3.8, 4) is 0 Å². The molecule has 4 nitrogen and oxygen atoms in total. The van der Waals surface area contributed by atoms with E-state index in [1.165, 1.54) is 4.90 Å². The Morgan fingerprint density at radius 1 is 1.08 bits per heavy atom. The Labute approximate surface area is 135 Å². The van der Waals surface area contributed by atoms with Crippen LogP contribution in [-0.2, 0) is 4.79 Å². The van der Waals surface area contributed by atoms with Gasteiger partial charge in [-0.05, 0) is 32.2 Å². The fourth-order valence-electron chi connectivity index (χ4n) is 3.37. The molecule has 24 heavy (non-hydrogen) atoms. The molecule has 0 aromatic rings. The maximum Gasteiger partial charge on any atom is 0.415 e. The van der Waals surface area contributed by atoms with Crippen LogP contribution in [0.5, 0.6) is 0 Å². The van der Waals surface area contributed by atoms with Crippen molar-refractivity contribution in [1.29, 1.82) is 0 Å². The van der Waals surface area contributed by atoms with Crippen molar-refractivity contribution in [2.24, 2.45) is 5.92 Å². The highest BCUT2D eigenvalue weighted by Gasteiger charge is 2.48. The lowest BCUT2D eigenvalue weighted by Crippen LogP contribution is -2.52. The van der Waals surface area contributed by atoms with Gasteiger partial charge in [0.1, 0.15) is 0 Å². The van der Waals surface area contributed by atoms with Crippen molar-refractivity contribution in [3.05, 3.63) is 0 Å². The molecular weight excluding hydrogens is 342 g/mol. The van der Waals surface area contributed by atoms with E-state index in [1.807, 2.05) is 0 Å². The first-order valence-corrected chi connectivity index (χ1v) is 7.83. The SMILES string of the molecule is O=C(CN1CCCC1C(O)C(F)(F)F)N1CCCC(C(F)(F)F)C1. The molecule has 3 unspecified atom stereocenters. The number of amides is 1. The van der Waals surface area contributed by atoms with Crippen LogP contribution in [0.3, 0.4) is 0 Å². The van der Waals surface area contributed by atoms with E-state index < -0.39 is 49.4 Å². The smallest absolute Gasteiger partial charge is 0.382 e. The van der Waals surface area contributed by atoms with E-state index in [0.29, 0.717) is 6.42 Å². The molecule has 2 saturated heterocycles. The molecular formula is C14H20F6N2O2. The average molecular weight is 362 g/mol. The Balaban J connectivity index is 1.96. The van der Waals surface area contributed by atoms with Gasteiger partial charge in [0.15, 0.2) is 6.10 Å². The summed E-state index contributed by atoms with van der Waals surface area (Å²) in [5, 5.41) is 9.39. The van der Waals surface area contributed by atoms with Gasteiger partial charge in [-0.2, -0.15) is 26.3 Å². The molecule has 2 aliphatic heterocycles. The first-order valence-electron chi connectivity index (χ1n) is 7.83. The lowest BCUT2D eigenvalue weighted by atomic mass is 9.97. The quantitative estimate of drug-likeness (QED) is 0.783. The Hall–Kier alpha value is -1.03. The topological polar surface area (TPSA) is 43.8 Å². The van der Waals surface area contributed by atoms with Crippen molar-refractivity contribution in [2.45, 2.75) is 50.2 Å². The first kappa shape index (κ1) is 19.3. The fraction of sp³-hybridized carbons (Fsp3) is 0.929. The number of rotatable bonds is 3. The van der Waals surface area contributed by atoms with Crippen molar-refractivity contribution >= 4 is 5.91 Å². The molecule has 10 heteroatoms. The van der Waals surface area contributed by atoms with Crippen molar-refractivity contribution < 1.29 is 36.2 Å². The number of hydrogen-bond donors (Lipinski definition) is 1. The van der Waals surface area contributed by atoms with Crippen LogP contribution in [0.4, 0.5) is 26.3 Å². The minimum absolute atomic E-state index is 0.0492. The van der Waals surface area contributed by atoms with Crippen LogP contribution in [-0.4, -0.2) is 71.5 Å². The summed E-state index contributed by atoms with van der Waals surface area (Å²) in [7, 11) is 0. The molecule has 2 fully saturated rings. The molecule has 2 rings (SSSR count). The van der Waals surface area contributed by atoms with E-state index in [9.17, 15) is 36.2 Å². The second-order valence-electron chi connectivity index (χ2n) is 6.39. The number of nitrogens with zero attached hydrogens (tertiary/aromatic N) is 2. The van der Waals surface area contributed by atoms with Crippen LogP contribution in [0.25, 0.3) is 0 Å². The van der Waals surface area contributed by atoms with Gasteiger partial charge in [-0.3, -0.25) is 9.69 Å². The molecule has 0 radical (unpaired) electrons. The minimum Gasteiger partial charge on any atom is -0.382 e. The molecule has 0 saturated carbocycles. The number of likely N-dealkylation sites (tertiary alicyclic amines) is 2. The standard InChI is InChI=1S/C14H20F6N2O2/c15-13(16,17)9-3-1-6-22(7-9)11(23)8-21-5-2-4-10(21)12(24)14(18,19)20/h9-10,12,24H,1-8H2. The Morgan fingerprint density at radius 3 is 2.29 bits per heavy atom. The van der Waals surface area contributed by atoms with Crippen LogP contribution in [0.1, 0.15) is 25.7 Å². The fourth-order valence-corrected chi connectivity index (χ4v) is 3.37. The predicted octanol–water partition coefficient (Wildman–Crippen LogP) is 2.17. The molecule has 1 amide bonds. The largest absolute Gasteiger partial charge is 0.415 e. The average Bonchev–Trinajstić information content (AvgIpc) is 2.92. The zero-order valence-electron chi connectivity index (χ0n) is 12.9. The van der Waals surface area contributed by atoms with Crippen LogP contribution in [0.2, 0.25) is 0 Å². The summed E-state index contributed by atoms with van der Waals surface area (Å²) >= 11 is 0. The van der Waals surface area contributed by atoms with Crippen LogP contribution >= 0.6 is 0 Å². The van der Waals surface area contributed by atoms with E-state index >= 15 is 0 Å². The highest BCUT2D eigenvalue weighted by molar-refractivity contribution is 5.78. The Morgan fingerprint density at radius 2 is 1.71 bits per heavy atom. The summed E-state index contributed by atoms with van der Waals surface area (Å²) < 4.78 is 76.3. The summed E-state index contributed by atoms with van der Waals surface area (Å²) in [5.41, 5.74) is 0. The van der Waals surface area contributed by atoms with Gasteiger partial charge in [-0.25, -0.2) is 0 Å². The van der Waals surface area contributed by atoms with E-state index in [4.69, 9.17) is 0 Å². The molecule has 0 aromatic carbocycles. The Kier molecular flexibility index (Phi) is 5.68. The highest BCUT2D eigenvalue weighted by Crippen LogP contribution is 2.34. The number of aliphatic hydroxyl groups is 1. The number of carbonyl (C=O) groups is 1. The van der Waals surface area contributed by atoms with Crippen molar-refractivity contribution in [3.63, 3.8) is 0 Å². The van der Waals surface area contributed by atoms with Crippen LogP contribution < -0.4 is 0 Å². The maximum atomic E-state index is 12.8. The van der Waals surface area contributed by atoms with Crippen LogP contribution in [0.15, 0.2) is 0 Å². The van der Waals surface area contributed by atoms with Gasteiger partial charge in [0.2, 0.25) is 5.91 Å². The zero-order valence-corrected chi connectivity index (χ0v) is 12.9. The van der Waals surface area contributed by atoms with Gasteiger partial charge in [-0.15, -0.1) is 0 Å². The minimum atomic E-state index is -4.79. The monoisotopic (exact) mass is 362 g/mol. The third kappa shape index (κ3) is 4.53. The molecule has 2 heterocycles. The number of aliphatic hydroxyl groups excluding tert-OH is 1. The third-order valence-electron chi connectivity index (χ3n) is 4.69. The Bertz CT molecular complexity index is 454. The molecule has 0 aliphatic carbocycles. The van der Waals surface area contributed by atoms with Gasteiger partial charge >= 0.3 is 12.4 Å². The molecule has 140 valence electrons. The van der Waals surface area contributed by atoms with Gasteiger partial charge in [0.25, 0.3) is 0 Å². The number of piperidine rings is 1. The number of halogens is 6. The van der Waals surface area contributed by atoms with Gasteiger partial charge in [-0.1, -0.05) is 0 Å². The second-order valence-corrected chi connectivity index (χ2v) is 6.39.